The minimum atomic E-state index is -1.76. The fraction of sp³-hybridized carbons (Fsp3) is 0.471. The van der Waals surface area contributed by atoms with Crippen LogP contribution in [0.5, 0.6) is 0 Å². The molecule has 0 bridgehead atoms. The Morgan fingerprint density at radius 3 is 2.36 bits per heavy atom. The number of likely N-dealkylation sites (tertiary alicyclic amines) is 1. The van der Waals surface area contributed by atoms with E-state index in [1.54, 1.807) is 34.1 Å². The van der Waals surface area contributed by atoms with Gasteiger partial charge in [0.25, 0.3) is 5.91 Å². The molecule has 0 saturated carbocycles. The maximum absolute atomic E-state index is 12.8. The second-order valence-corrected chi connectivity index (χ2v) is 7.32. The fourth-order valence-electron chi connectivity index (χ4n) is 3.12. The molecule has 1 atom stereocenters. The van der Waals surface area contributed by atoms with Gasteiger partial charge in [0.05, 0.1) is 5.88 Å². The number of amides is 2. The molecule has 3 rings (SSSR count). The van der Waals surface area contributed by atoms with Crippen molar-refractivity contribution >= 4 is 29.5 Å². The summed E-state index contributed by atoms with van der Waals surface area (Å²) in [7, 11) is 0. The molecule has 1 aromatic rings. The zero-order valence-electron chi connectivity index (χ0n) is 13.6. The first-order chi connectivity index (χ1) is 11.9. The number of benzene rings is 1. The Kier molecular flexibility index (Phi) is 5.01. The zero-order valence-corrected chi connectivity index (χ0v) is 14.4. The molecule has 1 unspecified atom stereocenters. The molecule has 1 aromatic carbocycles. The van der Waals surface area contributed by atoms with E-state index >= 15 is 0 Å². The summed E-state index contributed by atoms with van der Waals surface area (Å²) >= 11 is 1.52. The molecule has 134 valence electrons. The van der Waals surface area contributed by atoms with E-state index in [2.05, 4.69) is 0 Å². The van der Waals surface area contributed by atoms with Crippen molar-refractivity contribution < 1.29 is 24.6 Å². The van der Waals surface area contributed by atoms with E-state index in [0.717, 1.165) is 0 Å². The van der Waals surface area contributed by atoms with E-state index in [1.165, 1.54) is 11.8 Å². The molecule has 8 heteroatoms. The quantitative estimate of drug-likeness (QED) is 0.817. The molecule has 2 amide bonds. The van der Waals surface area contributed by atoms with E-state index in [4.69, 9.17) is 5.11 Å². The minimum absolute atomic E-state index is 0.000563. The third kappa shape index (κ3) is 3.50. The number of carbonyl (C=O) groups excluding carboxylic acids is 2. The molecule has 2 N–H and O–H groups in total. The smallest absolute Gasteiger partial charge is 0.335 e. The molecule has 2 fully saturated rings. The predicted octanol–water partition coefficient (Wildman–Crippen LogP) is 0.640. The highest BCUT2D eigenvalue weighted by Crippen LogP contribution is 2.28. The molecule has 25 heavy (non-hydrogen) atoms. The molecule has 2 heterocycles. The van der Waals surface area contributed by atoms with E-state index in [-0.39, 0.29) is 37.7 Å². The van der Waals surface area contributed by atoms with Crippen LogP contribution in [-0.4, -0.2) is 74.2 Å². The maximum Gasteiger partial charge on any atom is 0.335 e. The number of aliphatic carboxylic acids is 1. The van der Waals surface area contributed by atoms with Crippen molar-refractivity contribution in [3.8, 4) is 0 Å². The molecule has 0 spiro atoms. The van der Waals surface area contributed by atoms with Gasteiger partial charge in [0.15, 0.2) is 5.60 Å². The molecular formula is C17H20N2O5S. The Hall–Kier alpha value is -2.06. The molecule has 0 aromatic heterocycles. The van der Waals surface area contributed by atoms with Gasteiger partial charge in [0, 0.05) is 37.2 Å². The lowest BCUT2D eigenvalue weighted by Gasteiger charge is -2.37. The monoisotopic (exact) mass is 364 g/mol. The average molecular weight is 364 g/mol. The summed E-state index contributed by atoms with van der Waals surface area (Å²) in [6, 6.07) is 8.29. The van der Waals surface area contributed by atoms with Crippen molar-refractivity contribution in [1.82, 2.24) is 9.80 Å². The van der Waals surface area contributed by atoms with Gasteiger partial charge in [0.2, 0.25) is 5.91 Å². The van der Waals surface area contributed by atoms with Gasteiger partial charge in [-0.3, -0.25) is 9.59 Å². The van der Waals surface area contributed by atoms with Crippen LogP contribution in [0, 0.1) is 0 Å². The molecule has 2 aliphatic rings. The Bertz CT molecular complexity index is 673. The Morgan fingerprint density at radius 2 is 1.76 bits per heavy atom. The van der Waals surface area contributed by atoms with Crippen molar-refractivity contribution in [3.63, 3.8) is 0 Å². The van der Waals surface area contributed by atoms with Crippen LogP contribution in [0.15, 0.2) is 30.3 Å². The highest BCUT2D eigenvalue weighted by atomic mass is 32.2. The minimum Gasteiger partial charge on any atom is -0.479 e. The largest absolute Gasteiger partial charge is 0.479 e. The number of thioether (sulfide) groups is 1. The van der Waals surface area contributed by atoms with Crippen LogP contribution in [0.3, 0.4) is 0 Å². The van der Waals surface area contributed by atoms with Crippen LogP contribution in [0.1, 0.15) is 23.2 Å². The van der Waals surface area contributed by atoms with Gasteiger partial charge in [-0.15, -0.1) is 11.8 Å². The van der Waals surface area contributed by atoms with Crippen LogP contribution in [0.25, 0.3) is 0 Å². The van der Waals surface area contributed by atoms with Crippen molar-refractivity contribution in [2.24, 2.45) is 0 Å². The number of piperidine rings is 1. The number of nitrogens with zero attached hydrogens (tertiary/aromatic N) is 2. The Labute approximate surface area is 149 Å². The van der Waals surface area contributed by atoms with Gasteiger partial charge >= 0.3 is 5.97 Å². The number of carboxylic acid groups (broad SMARTS) is 1. The summed E-state index contributed by atoms with van der Waals surface area (Å²) in [6.07, 6.45) is 0.00113. The number of aliphatic hydroxyl groups is 1. The van der Waals surface area contributed by atoms with Crippen LogP contribution in [0.2, 0.25) is 0 Å². The summed E-state index contributed by atoms with van der Waals surface area (Å²) in [5.74, 6) is -0.629. The lowest BCUT2D eigenvalue weighted by atomic mass is 9.91. The second-order valence-electron chi connectivity index (χ2n) is 6.32. The van der Waals surface area contributed by atoms with Crippen LogP contribution >= 0.6 is 11.8 Å². The lowest BCUT2D eigenvalue weighted by Crippen LogP contribution is -2.55. The Morgan fingerprint density at radius 1 is 1.12 bits per heavy atom. The Balaban J connectivity index is 1.68. The zero-order chi connectivity index (χ0) is 18.0. The SMILES string of the molecule is O=C(C1CSCN1C(=O)c1ccccc1)N1CCC(O)(C(=O)O)CC1. The molecule has 0 aliphatic carbocycles. The van der Waals surface area contributed by atoms with Gasteiger partial charge in [-0.2, -0.15) is 0 Å². The molecule has 0 radical (unpaired) electrons. The summed E-state index contributed by atoms with van der Waals surface area (Å²) in [6.45, 7) is 0.354. The first-order valence-electron chi connectivity index (χ1n) is 8.11. The van der Waals surface area contributed by atoms with E-state index in [1.807, 2.05) is 6.07 Å². The summed E-state index contributed by atoms with van der Waals surface area (Å²) in [5, 5.41) is 19.1. The molecule has 2 saturated heterocycles. The first-order valence-corrected chi connectivity index (χ1v) is 9.26. The van der Waals surface area contributed by atoms with Gasteiger partial charge in [0.1, 0.15) is 6.04 Å². The van der Waals surface area contributed by atoms with Gasteiger partial charge < -0.3 is 20.0 Å². The van der Waals surface area contributed by atoms with Crippen molar-refractivity contribution in [2.45, 2.75) is 24.5 Å². The number of carboxylic acids is 1. The molecule has 2 aliphatic heterocycles. The van der Waals surface area contributed by atoms with E-state index in [0.29, 0.717) is 17.2 Å². The number of carbonyl (C=O) groups is 3. The van der Waals surface area contributed by atoms with Crippen LogP contribution in [0.4, 0.5) is 0 Å². The first kappa shape index (κ1) is 17.8. The average Bonchev–Trinajstić information content (AvgIpc) is 3.11. The highest BCUT2D eigenvalue weighted by Gasteiger charge is 2.43. The lowest BCUT2D eigenvalue weighted by molar-refractivity contribution is -0.165. The van der Waals surface area contributed by atoms with Crippen molar-refractivity contribution in [3.05, 3.63) is 35.9 Å². The van der Waals surface area contributed by atoms with E-state index in [9.17, 15) is 19.5 Å². The normalized spacial score (nSPS) is 22.7. The van der Waals surface area contributed by atoms with Crippen molar-refractivity contribution in [2.75, 3.05) is 24.7 Å². The third-order valence-corrected chi connectivity index (χ3v) is 5.76. The molecule has 7 nitrogen and oxygen atoms in total. The number of hydrogen-bond donors (Lipinski definition) is 2. The van der Waals surface area contributed by atoms with Gasteiger partial charge in [-0.1, -0.05) is 18.2 Å². The molecular weight excluding hydrogens is 344 g/mol. The summed E-state index contributed by atoms with van der Waals surface area (Å²) in [4.78, 5) is 39.7. The highest BCUT2D eigenvalue weighted by molar-refractivity contribution is 7.99. The second kappa shape index (κ2) is 7.05. The number of hydrogen-bond acceptors (Lipinski definition) is 5. The van der Waals surface area contributed by atoms with Crippen LogP contribution < -0.4 is 0 Å². The number of rotatable bonds is 3. The van der Waals surface area contributed by atoms with E-state index < -0.39 is 17.6 Å². The third-order valence-electron chi connectivity index (χ3n) is 4.75. The standard InChI is InChI=1S/C17H20N2O5S/c20-14(12-4-2-1-3-5-12)19-11-25-10-13(19)15(21)18-8-6-17(24,7-9-18)16(22)23/h1-5,13,24H,6-11H2,(H,22,23). The van der Waals surface area contributed by atoms with Crippen LogP contribution in [-0.2, 0) is 9.59 Å². The van der Waals surface area contributed by atoms with Gasteiger partial charge in [-0.25, -0.2) is 4.79 Å². The summed E-state index contributed by atoms with van der Waals surface area (Å²) < 4.78 is 0. The maximum atomic E-state index is 12.8. The topological polar surface area (TPSA) is 98.2 Å². The summed E-state index contributed by atoms with van der Waals surface area (Å²) in [5.41, 5.74) is -1.22. The fourth-order valence-corrected chi connectivity index (χ4v) is 4.26. The van der Waals surface area contributed by atoms with Gasteiger partial charge in [-0.05, 0) is 12.1 Å². The van der Waals surface area contributed by atoms with Crippen molar-refractivity contribution in [1.29, 1.82) is 0 Å². The predicted molar refractivity (Wildman–Crippen MR) is 92.1 cm³/mol.